The molecule has 1 heterocycles. The minimum Gasteiger partial charge on any atom is -0.494 e. The van der Waals surface area contributed by atoms with Gasteiger partial charge in [-0.25, -0.2) is 0 Å². The zero-order chi connectivity index (χ0) is 16.2. The van der Waals surface area contributed by atoms with Crippen LogP contribution in [0.1, 0.15) is 12.0 Å². The molecule has 0 spiro atoms. The molecule has 118 valence electrons. The highest BCUT2D eigenvalue weighted by atomic mass is 16.5. The van der Waals surface area contributed by atoms with Gasteiger partial charge in [-0.3, -0.25) is 4.79 Å². The molecule has 0 atom stereocenters. The molecular weight excluding hydrogens is 288 g/mol. The third-order valence-electron chi connectivity index (χ3n) is 3.82. The van der Waals surface area contributed by atoms with Crippen LogP contribution >= 0.6 is 0 Å². The average Bonchev–Trinajstić information content (AvgIpc) is 2.55. The zero-order valence-electron chi connectivity index (χ0n) is 13.2. The summed E-state index contributed by atoms with van der Waals surface area (Å²) >= 11 is 0. The Morgan fingerprint density at radius 3 is 2.61 bits per heavy atom. The summed E-state index contributed by atoms with van der Waals surface area (Å²) in [7, 11) is 0. The van der Waals surface area contributed by atoms with Crippen molar-refractivity contribution in [3.63, 3.8) is 0 Å². The summed E-state index contributed by atoms with van der Waals surface area (Å²) in [5.74, 6) is 0.792. The number of fused-ring (bicyclic) bond motifs is 1. The average molecular weight is 308 g/mol. The van der Waals surface area contributed by atoms with Gasteiger partial charge in [-0.1, -0.05) is 11.6 Å². The Bertz CT molecular complexity index is 867. The van der Waals surface area contributed by atoms with Crippen LogP contribution in [0, 0.1) is 6.92 Å². The van der Waals surface area contributed by atoms with Crippen LogP contribution in [0.25, 0.3) is 10.9 Å². The lowest BCUT2D eigenvalue weighted by Gasteiger charge is -2.11. The molecule has 0 radical (unpaired) electrons. The fourth-order valence-corrected chi connectivity index (χ4v) is 2.63. The SMILES string of the molecule is Cc1ccc2c(ccc(=O)n2CCCOc2ccc(N)cc2)c1. The molecule has 0 amide bonds. The lowest BCUT2D eigenvalue weighted by Crippen LogP contribution is -2.20. The van der Waals surface area contributed by atoms with E-state index in [4.69, 9.17) is 10.5 Å². The van der Waals surface area contributed by atoms with Gasteiger partial charge in [-0.2, -0.15) is 0 Å². The predicted octanol–water partition coefficient (Wildman–Crippen LogP) is 3.36. The Morgan fingerprint density at radius 2 is 1.83 bits per heavy atom. The van der Waals surface area contributed by atoms with Gasteiger partial charge in [0.1, 0.15) is 5.75 Å². The highest BCUT2D eigenvalue weighted by Crippen LogP contribution is 2.15. The Balaban J connectivity index is 1.68. The standard InChI is InChI=1S/C19H20N2O2/c1-14-3-9-18-15(13-14)4-10-19(22)21(18)11-2-12-23-17-7-5-16(20)6-8-17/h3-10,13H,2,11-12,20H2,1H3. The Hall–Kier alpha value is -2.75. The molecule has 0 bridgehead atoms. The summed E-state index contributed by atoms with van der Waals surface area (Å²) in [6.07, 6.45) is 0.761. The van der Waals surface area contributed by atoms with E-state index >= 15 is 0 Å². The fraction of sp³-hybridized carbons (Fsp3) is 0.211. The summed E-state index contributed by atoms with van der Waals surface area (Å²) in [6, 6.07) is 17.0. The van der Waals surface area contributed by atoms with Crippen molar-refractivity contribution in [2.75, 3.05) is 12.3 Å². The largest absolute Gasteiger partial charge is 0.494 e. The minimum atomic E-state index is 0.0221. The fourth-order valence-electron chi connectivity index (χ4n) is 2.63. The summed E-state index contributed by atoms with van der Waals surface area (Å²) in [5, 5.41) is 1.09. The van der Waals surface area contributed by atoms with Gasteiger partial charge in [0.2, 0.25) is 0 Å². The van der Waals surface area contributed by atoms with Crippen molar-refractivity contribution in [1.82, 2.24) is 4.57 Å². The molecule has 3 rings (SSSR count). The molecule has 2 aromatic carbocycles. The number of nitrogens with two attached hydrogens (primary N) is 1. The van der Waals surface area contributed by atoms with Crippen molar-refractivity contribution >= 4 is 16.6 Å². The second-order valence-corrected chi connectivity index (χ2v) is 5.66. The van der Waals surface area contributed by atoms with Crippen LogP contribution in [0.3, 0.4) is 0 Å². The summed E-state index contributed by atoms with van der Waals surface area (Å²) in [4.78, 5) is 12.1. The molecule has 1 aromatic heterocycles. The monoisotopic (exact) mass is 308 g/mol. The first-order valence-corrected chi connectivity index (χ1v) is 7.72. The van der Waals surface area contributed by atoms with Gasteiger partial charge in [0.25, 0.3) is 5.56 Å². The van der Waals surface area contributed by atoms with E-state index in [9.17, 15) is 4.79 Å². The van der Waals surface area contributed by atoms with Crippen LogP contribution in [0.2, 0.25) is 0 Å². The van der Waals surface area contributed by atoms with E-state index in [0.717, 1.165) is 28.8 Å². The molecule has 0 aliphatic rings. The smallest absolute Gasteiger partial charge is 0.251 e. The quantitative estimate of drug-likeness (QED) is 0.581. The Labute approximate surface area is 135 Å². The van der Waals surface area contributed by atoms with Crippen molar-refractivity contribution < 1.29 is 4.74 Å². The van der Waals surface area contributed by atoms with Gasteiger partial charge in [0, 0.05) is 18.3 Å². The lowest BCUT2D eigenvalue weighted by atomic mass is 10.1. The molecule has 3 aromatic rings. The number of aryl methyl sites for hydroxylation is 2. The van der Waals surface area contributed by atoms with Crippen LogP contribution in [0.15, 0.2) is 59.4 Å². The van der Waals surface area contributed by atoms with Crippen LogP contribution in [0.4, 0.5) is 5.69 Å². The number of aromatic nitrogens is 1. The summed E-state index contributed by atoms with van der Waals surface area (Å²) in [5.41, 5.74) is 8.54. The molecule has 0 saturated heterocycles. The van der Waals surface area contributed by atoms with Crippen molar-refractivity contribution in [2.45, 2.75) is 19.9 Å². The maximum Gasteiger partial charge on any atom is 0.251 e. The van der Waals surface area contributed by atoms with E-state index in [2.05, 4.69) is 13.0 Å². The number of nitrogens with zero attached hydrogens (tertiary/aromatic N) is 1. The predicted molar refractivity (Wildman–Crippen MR) is 93.9 cm³/mol. The second-order valence-electron chi connectivity index (χ2n) is 5.66. The van der Waals surface area contributed by atoms with Crippen molar-refractivity contribution in [3.8, 4) is 5.75 Å². The maximum absolute atomic E-state index is 12.1. The number of pyridine rings is 1. The van der Waals surface area contributed by atoms with E-state index in [1.54, 1.807) is 10.6 Å². The summed E-state index contributed by atoms with van der Waals surface area (Å²) in [6.45, 7) is 3.24. The van der Waals surface area contributed by atoms with Crippen LogP contribution in [-0.2, 0) is 6.54 Å². The van der Waals surface area contributed by atoms with Gasteiger partial charge >= 0.3 is 0 Å². The first-order chi connectivity index (χ1) is 11.1. The molecule has 4 heteroatoms. The molecule has 2 N–H and O–H groups in total. The zero-order valence-corrected chi connectivity index (χ0v) is 13.2. The number of ether oxygens (including phenoxy) is 1. The third-order valence-corrected chi connectivity index (χ3v) is 3.82. The van der Waals surface area contributed by atoms with E-state index in [-0.39, 0.29) is 5.56 Å². The first kappa shape index (κ1) is 15.2. The van der Waals surface area contributed by atoms with E-state index < -0.39 is 0 Å². The minimum absolute atomic E-state index is 0.0221. The van der Waals surface area contributed by atoms with Gasteiger partial charge in [0.15, 0.2) is 0 Å². The topological polar surface area (TPSA) is 57.2 Å². The van der Waals surface area contributed by atoms with E-state index in [1.165, 1.54) is 5.56 Å². The molecular formula is C19H20N2O2. The summed E-state index contributed by atoms with van der Waals surface area (Å²) < 4.78 is 7.49. The van der Waals surface area contributed by atoms with Crippen LogP contribution in [-0.4, -0.2) is 11.2 Å². The van der Waals surface area contributed by atoms with Crippen LogP contribution < -0.4 is 16.0 Å². The number of hydrogen-bond donors (Lipinski definition) is 1. The van der Waals surface area contributed by atoms with Gasteiger partial charge in [-0.15, -0.1) is 0 Å². The van der Waals surface area contributed by atoms with Crippen molar-refractivity contribution in [1.29, 1.82) is 0 Å². The molecule has 0 fully saturated rings. The number of anilines is 1. The molecule has 0 saturated carbocycles. The molecule has 0 aliphatic heterocycles. The molecule has 4 nitrogen and oxygen atoms in total. The normalized spacial score (nSPS) is 10.8. The van der Waals surface area contributed by atoms with Crippen molar-refractivity contribution in [2.24, 2.45) is 0 Å². The number of nitrogen functional groups attached to an aromatic ring is 1. The van der Waals surface area contributed by atoms with Crippen LogP contribution in [0.5, 0.6) is 5.75 Å². The third kappa shape index (κ3) is 3.54. The molecule has 23 heavy (non-hydrogen) atoms. The Kier molecular flexibility index (Phi) is 4.33. The number of hydrogen-bond acceptors (Lipinski definition) is 3. The van der Waals surface area contributed by atoms with Gasteiger partial charge < -0.3 is 15.0 Å². The van der Waals surface area contributed by atoms with E-state index in [1.807, 2.05) is 42.5 Å². The van der Waals surface area contributed by atoms with Gasteiger partial charge in [-0.05, 0) is 61.2 Å². The molecule has 0 unspecified atom stereocenters. The molecule has 0 aliphatic carbocycles. The maximum atomic E-state index is 12.1. The Morgan fingerprint density at radius 1 is 1.04 bits per heavy atom. The first-order valence-electron chi connectivity index (χ1n) is 7.72. The van der Waals surface area contributed by atoms with Crippen molar-refractivity contribution in [3.05, 3.63) is 70.5 Å². The lowest BCUT2D eigenvalue weighted by molar-refractivity contribution is 0.302. The number of benzene rings is 2. The van der Waals surface area contributed by atoms with E-state index in [0.29, 0.717) is 13.2 Å². The second kappa shape index (κ2) is 6.57. The van der Waals surface area contributed by atoms with Gasteiger partial charge in [0.05, 0.1) is 12.1 Å². The number of rotatable bonds is 5. The highest BCUT2D eigenvalue weighted by Gasteiger charge is 2.03. The highest BCUT2D eigenvalue weighted by molar-refractivity contribution is 5.79.